The molecule has 0 fully saturated rings. The van der Waals surface area contributed by atoms with Gasteiger partial charge in [-0.05, 0) is 37.3 Å². The van der Waals surface area contributed by atoms with Crippen LogP contribution in [-0.2, 0) is 0 Å². The average Bonchev–Trinajstić information content (AvgIpc) is 2.66. The van der Waals surface area contributed by atoms with Crippen molar-refractivity contribution in [2.24, 2.45) is 0 Å². The number of nitrogens with zero attached hydrogens (tertiary/aromatic N) is 1. The molecule has 0 N–H and O–H groups in total. The van der Waals surface area contributed by atoms with Gasteiger partial charge in [-0.2, -0.15) is 0 Å². The number of carbonyl (C=O) groups is 1. The van der Waals surface area contributed by atoms with Crippen LogP contribution in [0.5, 0.6) is 11.5 Å². The van der Waals surface area contributed by atoms with Crippen LogP contribution in [0.15, 0.2) is 48.5 Å². The maximum atomic E-state index is 11.5. The number of carboxylic acids is 1. The molecule has 5 heteroatoms. The van der Waals surface area contributed by atoms with E-state index in [4.69, 9.17) is 9.47 Å². The summed E-state index contributed by atoms with van der Waals surface area (Å²) in [6.45, 7) is 2.44. The Kier molecular flexibility index (Phi) is 5.17. The second-order valence-electron chi connectivity index (χ2n) is 5.54. The lowest BCUT2D eigenvalue weighted by Gasteiger charge is -2.11. The third-order valence-electron chi connectivity index (χ3n) is 3.90. The lowest BCUT2D eigenvalue weighted by Crippen LogP contribution is -2.22. The summed E-state index contributed by atoms with van der Waals surface area (Å²) in [7, 11) is 1.58. The lowest BCUT2D eigenvalue weighted by molar-refractivity contribution is -0.254. The zero-order valence-electron chi connectivity index (χ0n) is 14.6. The Bertz CT molecular complexity index is 979. The summed E-state index contributed by atoms with van der Waals surface area (Å²) < 4.78 is 11.0. The van der Waals surface area contributed by atoms with Crippen molar-refractivity contribution in [1.29, 1.82) is 0 Å². The van der Waals surface area contributed by atoms with Gasteiger partial charge < -0.3 is 19.4 Å². The number of pyridine rings is 1. The highest BCUT2D eigenvalue weighted by Crippen LogP contribution is 2.32. The number of carbonyl (C=O) groups excluding carboxylic acids is 1. The third kappa shape index (κ3) is 3.52. The molecular weight excluding hydrogens is 330 g/mol. The number of rotatable bonds is 6. The number of aromatic carboxylic acids is 1. The quantitative estimate of drug-likeness (QED) is 0.684. The minimum Gasteiger partial charge on any atom is -0.545 e. The number of carboxylic acid groups (broad SMARTS) is 1. The smallest absolute Gasteiger partial charge is 0.167 e. The highest BCUT2D eigenvalue weighted by atomic mass is 16.5. The standard InChI is InChI=1S/C21H19NO4/c1-3-26-19-10-6-7-14(20(19)25-2)11-12-15-13-17(21(23)24)16-8-4-5-9-18(16)22-15/h4-13H,3H2,1-2H3,(H,23,24)/p-1/b12-11+. The van der Waals surface area contributed by atoms with Gasteiger partial charge in [-0.3, -0.25) is 0 Å². The highest BCUT2D eigenvalue weighted by molar-refractivity contribution is 6.02. The summed E-state index contributed by atoms with van der Waals surface area (Å²) in [6, 6.07) is 14.2. The first kappa shape index (κ1) is 17.5. The monoisotopic (exact) mass is 348 g/mol. The van der Waals surface area contributed by atoms with E-state index in [1.54, 1.807) is 31.4 Å². The number of hydrogen-bond acceptors (Lipinski definition) is 5. The van der Waals surface area contributed by atoms with Crippen molar-refractivity contribution in [3.8, 4) is 11.5 Å². The van der Waals surface area contributed by atoms with Gasteiger partial charge in [0.05, 0.1) is 30.9 Å². The maximum Gasteiger partial charge on any atom is 0.167 e. The molecule has 0 saturated heterocycles. The van der Waals surface area contributed by atoms with Crippen molar-refractivity contribution in [2.75, 3.05) is 13.7 Å². The molecule has 2 aromatic carbocycles. The number of methoxy groups -OCH3 is 1. The molecule has 5 nitrogen and oxygen atoms in total. The third-order valence-corrected chi connectivity index (χ3v) is 3.90. The molecule has 0 bridgehead atoms. The Morgan fingerprint density at radius 3 is 2.69 bits per heavy atom. The van der Waals surface area contributed by atoms with E-state index < -0.39 is 5.97 Å². The van der Waals surface area contributed by atoms with Crippen LogP contribution in [0.2, 0.25) is 0 Å². The van der Waals surface area contributed by atoms with Crippen LogP contribution < -0.4 is 14.6 Å². The van der Waals surface area contributed by atoms with E-state index in [0.717, 1.165) is 5.56 Å². The summed E-state index contributed by atoms with van der Waals surface area (Å²) in [6.07, 6.45) is 3.56. The van der Waals surface area contributed by atoms with E-state index in [1.165, 1.54) is 6.07 Å². The fourth-order valence-electron chi connectivity index (χ4n) is 2.78. The van der Waals surface area contributed by atoms with Gasteiger partial charge in [-0.1, -0.05) is 30.3 Å². The Balaban J connectivity index is 2.04. The van der Waals surface area contributed by atoms with Crippen molar-refractivity contribution in [3.63, 3.8) is 0 Å². The molecule has 0 unspecified atom stereocenters. The molecule has 1 aromatic heterocycles. The second-order valence-corrected chi connectivity index (χ2v) is 5.54. The number of hydrogen-bond donors (Lipinski definition) is 0. The van der Waals surface area contributed by atoms with Crippen molar-refractivity contribution >= 4 is 29.0 Å². The molecule has 0 amide bonds. The molecule has 0 aliphatic heterocycles. The predicted molar refractivity (Wildman–Crippen MR) is 99.2 cm³/mol. The van der Waals surface area contributed by atoms with Crippen LogP contribution in [0.25, 0.3) is 23.1 Å². The van der Waals surface area contributed by atoms with E-state index in [0.29, 0.717) is 34.7 Å². The Labute approximate surface area is 151 Å². The van der Waals surface area contributed by atoms with E-state index in [1.807, 2.05) is 37.3 Å². The van der Waals surface area contributed by atoms with Crippen LogP contribution in [-0.4, -0.2) is 24.7 Å². The summed E-state index contributed by atoms with van der Waals surface area (Å²) in [5.41, 5.74) is 2.05. The number of ether oxygens (including phenoxy) is 2. The Morgan fingerprint density at radius 1 is 1.15 bits per heavy atom. The first-order valence-electron chi connectivity index (χ1n) is 8.23. The molecule has 0 aliphatic rings. The van der Waals surface area contributed by atoms with Gasteiger partial charge in [0.2, 0.25) is 0 Å². The number of fused-ring (bicyclic) bond motifs is 1. The topological polar surface area (TPSA) is 71.5 Å². The van der Waals surface area contributed by atoms with E-state index >= 15 is 0 Å². The van der Waals surface area contributed by atoms with Crippen molar-refractivity contribution in [3.05, 3.63) is 65.4 Å². The molecule has 3 aromatic rings. The summed E-state index contributed by atoms with van der Waals surface area (Å²) in [4.78, 5) is 16.0. The predicted octanol–water partition coefficient (Wildman–Crippen LogP) is 3.18. The minimum absolute atomic E-state index is 0.116. The van der Waals surface area contributed by atoms with Gasteiger partial charge in [-0.25, -0.2) is 4.98 Å². The van der Waals surface area contributed by atoms with Crippen molar-refractivity contribution in [2.45, 2.75) is 6.92 Å². The highest BCUT2D eigenvalue weighted by Gasteiger charge is 2.08. The molecule has 26 heavy (non-hydrogen) atoms. The fraction of sp³-hybridized carbons (Fsp3) is 0.143. The molecule has 1 heterocycles. The van der Waals surface area contributed by atoms with Crippen molar-refractivity contribution in [1.82, 2.24) is 4.98 Å². The van der Waals surface area contributed by atoms with Crippen molar-refractivity contribution < 1.29 is 19.4 Å². The van der Waals surface area contributed by atoms with Crippen LogP contribution in [0.4, 0.5) is 0 Å². The van der Waals surface area contributed by atoms with Gasteiger partial charge >= 0.3 is 0 Å². The van der Waals surface area contributed by atoms with Gasteiger partial charge in [0, 0.05) is 16.5 Å². The zero-order valence-corrected chi connectivity index (χ0v) is 14.6. The second kappa shape index (κ2) is 7.70. The zero-order chi connectivity index (χ0) is 18.5. The number of aromatic nitrogens is 1. The van der Waals surface area contributed by atoms with Gasteiger partial charge in [0.15, 0.2) is 11.5 Å². The van der Waals surface area contributed by atoms with E-state index in [2.05, 4.69) is 4.98 Å². The fourth-order valence-corrected chi connectivity index (χ4v) is 2.78. The average molecular weight is 348 g/mol. The van der Waals surface area contributed by atoms with Gasteiger partial charge in [0.1, 0.15) is 0 Å². The molecule has 0 aliphatic carbocycles. The van der Waals surface area contributed by atoms with Crippen LogP contribution in [0.3, 0.4) is 0 Å². The maximum absolute atomic E-state index is 11.5. The van der Waals surface area contributed by atoms with Crippen LogP contribution in [0, 0.1) is 0 Å². The summed E-state index contributed by atoms with van der Waals surface area (Å²) in [5, 5.41) is 12.0. The molecule has 3 rings (SSSR count). The Morgan fingerprint density at radius 2 is 1.96 bits per heavy atom. The molecule has 0 spiro atoms. The Hall–Kier alpha value is -3.34. The molecule has 132 valence electrons. The van der Waals surface area contributed by atoms with Gasteiger partial charge in [-0.15, -0.1) is 0 Å². The van der Waals surface area contributed by atoms with Crippen LogP contribution >= 0.6 is 0 Å². The summed E-state index contributed by atoms with van der Waals surface area (Å²) >= 11 is 0. The first-order chi connectivity index (χ1) is 12.6. The molecule has 0 atom stereocenters. The largest absolute Gasteiger partial charge is 0.545 e. The molecular formula is C21H18NO4-. The van der Waals surface area contributed by atoms with E-state index in [-0.39, 0.29) is 5.56 Å². The molecule has 0 radical (unpaired) electrons. The summed E-state index contributed by atoms with van der Waals surface area (Å²) in [5.74, 6) is 0.0414. The number of para-hydroxylation sites is 2. The first-order valence-corrected chi connectivity index (χ1v) is 8.23. The van der Waals surface area contributed by atoms with Crippen LogP contribution in [0.1, 0.15) is 28.5 Å². The normalized spacial score (nSPS) is 11.0. The lowest BCUT2D eigenvalue weighted by atomic mass is 10.1. The number of benzene rings is 2. The van der Waals surface area contributed by atoms with Gasteiger partial charge in [0.25, 0.3) is 0 Å². The minimum atomic E-state index is -1.23. The van der Waals surface area contributed by atoms with E-state index in [9.17, 15) is 9.90 Å². The molecule has 0 saturated carbocycles. The SMILES string of the molecule is CCOc1cccc(/C=C/c2cc(C(=O)[O-])c3ccccc3n2)c1OC.